The Kier molecular flexibility index (Phi) is 10.3. The Morgan fingerprint density at radius 1 is 0.431 bits per heavy atom. The Balaban J connectivity index is 1.43. The van der Waals surface area contributed by atoms with Crippen LogP contribution in [-0.2, 0) is 40.5 Å². The average molecular weight is 899 g/mol. The summed E-state index contributed by atoms with van der Waals surface area (Å²) >= 11 is 0. The molecule has 306 valence electrons. The van der Waals surface area contributed by atoms with Gasteiger partial charge in [0.2, 0.25) is 23.2 Å². The van der Waals surface area contributed by atoms with Gasteiger partial charge in [-0.25, -0.2) is 17.6 Å². The van der Waals surface area contributed by atoms with Gasteiger partial charge < -0.3 is 9.47 Å². The molecule has 0 amide bonds. The predicted octanol–water partition coefficient (Wildman–Crippen LogP) is 7.51. The highest BCUT2D eigenvalue weighted by atomic mass is 32.2. The molecule has 6 rings (SSSR count). The van der Waals surface area contributed by atoms with Gasteiger partial charge in [-0.05, 0) is 66.2 Å². The molecule has 0 aromatic heterocycles. The first-order chi connectivity index (χ1) is 26.6. The van der Waals surface area contributed by atoms with E-state index in [1.807, 2.05) is 0 Å². The number of benzene rings is 6. The molecule has 0 saturated carbocycles. The largest absolute Gasteiger partial charge is 0.454 e. The van der Waals surface area contributed by atoms with Crippen LogP contribution in [0.25, 0.3) is 32.7 Å². The van der Waals surface area contributed by atoms with Crippen molar-refractivity contribution in [2.24, 2.45) is 0 Å². The van der Waals surface area contributed by atoms with E-state index in [4.69, 9.17) is 9.47 Å². The highest BCUT2D eigenvalue weighted by Gasteiger charge is 2.35. The zero-order chi connectivity index (χ0) is 43.2. The van der Waals surface area contributed by atoms with Gasteiger partial charge in [-0.15, -0.1) is 0 Å². The maximum absolute atomic E-state index is 15.8. The third kappa shape index (κ3) is 7.52. The molecule has 14 nitrogen and oxygen atoms in total. The van der Waals surface area contributed by atoms with Crippen LogP contribution in [0.15, 0.2) is 80.2 Å². The van der Waals surface area contributed by atoms with E-state index in [0.717, 1.165) is 36.4 Å². The molecule has 0 fully saturated rings. The molecule has 6 aromatic rings. The number of hydrogen-bond donors (Lipinski definition) is 4. The van der Waals surface area contributed by atoms with Crippen LogP contribution >= 0.6 is 0 Å². The fourth-order valence-corrected chi connectivity index (χ4v) is 8.36. The van der Waals surface area contributed by atoms with Crippen molar-refractivity contribution in [1.82, 2.24) is 0 Å². The summed E-state index contributed by atoms with van der Waals surface area (Å²) in [5, 5.41) is -1.73. The first-order valence-corrected chi connectivity index (χ1v) is 20.8. The summed E-state index contributed by atoms with van der Waals surface area (Å²) in [5.41, 5.74) is -5.22. The SMILES string of the molecule is Cc1c(F)c(-c2c(F)c(F)c(Oc3ccc4cc(S(=O)(=O)O)cc(S(=O)(=O)O)c4c3)c(F)c2F)c(F)c(F)c1Oc1ccc2cc(S(=O)(=O)O)cc(S(=O)(=O)O)c2c1. The maximum atomic E-state index is 15.8. The summed E-state index contributed by atoms with van der Waals surface area (Å²) in [6.07, 6.45) is 0. The smallest absolute Gasteiger partial charge is 0.295 e. The lowest BCUT2D eigenvalue weighted by molar-refractivity contribution is 0.366. The molecule has 0 aliphatic carbocycles. The predicted molar refractivity (Wildman–Crippen MR) is 184 cm³/mol. The maximum Gasteiger partial charge on any atom is 0.295 e. The fourth-order valence-electron chi connectivity index (χ4n) is 5.66. The number of halogens is 7. The van der Waals surface area contributed by atoms with Crippen molar-refractivity contribution in [3.05, 3.63) is 107 Å². The van der Waals surface area contributed by atoms with Gasteiger partial charge in [0.15, 0.2) is 23.2 Å². The van der Waals surface area contributed by atoms with Crippen molar-refractivity contribution in [3.63, 3.8) is 0 Å². The zero-order valence-corrected chi connectivity index (χ0v) is 31.2. The minimum Gasteiger partial charge on any atom is -0.454 e. The zero-order valence-electron chi connectivity index (χ0n) is 27.9. The Labute approximate surface area is 320 Å². The van der Waals surface area contributed by atoms with Gasteiger partial charge in [0, 0.05) is 16.3 Å². The summed E-state index contributed by atoms with van der Waals surface area (Å²) in [7, 11) is -20.6. The lowest BCUT2D eigenvalue weighted by atomic mass is 9.98. The number of ether oxygens (including phenoxy) is 2. The van der Waals surface area contributed by atoms with E-state index in [1.54, 1.807) is 0 Å². The van der Waals surface area contributed by atoms with Crippen molar-refractivity contribution in [2.45, 2.75) is 26.5 Å². The van der Waals surface area contributed by atoms with Gasteiger partial charge in [0.05, 0.1) is 20.9 Å². The molecule has 4 N–H and O–H groups in total. The lowest BCUT2D eigenvalue weighted by Crippen LogP contribution is -2.09. The molecule has 6 aromatic carbocycles. The van der Waals surface area contributed by atoms with Crippen LogP contribution < -0.4 is 9.47 Å². The Morgan fingerprint density at radius 2 is 0.776 bits per heavy atom. The van der Waals surface area contributed by atoms with E-state index in [1.165, 1.54) is 0 Å². The van der Waals surface area contributed by atoms with Crippen LogP contribution in [0.1, 0.15) is 5.56 Å². The van der Waals surface area contributed by atoms with Crippen LogP contribution in [0, 0.1) is 47.6 Å². The molecule has 25 heteroatoms. The van der Waals surface area contributed by atoms with Crippen molar-refractivity contribution in [3.8, 4) is 34.1 Å². The van der Waals surface area contributed by atoms with Gasteiger partial charge in [-0.3, -0.25) is 18.2 Å². The van der Waals surface area contributed by atoms with Crippen LogP contribution in [0.5, 0.6) is 23.0 Å². The highest BCUT2D eigenvalue weighted by molar-refractivity contribution is 7.87. The highest BCUT2D eigenvalue weighted by Crippen LogP contribution is 2.44. The van der Waals surface area contributed by atoms with Crippen LogP contribution in [0.3, 0.4) is 0 Å². The number of hydrogen-bond acceptors (Lipinski definition) is 10. The van der Waals surface area contributed by atoms with Crippen LogP contribution in [0.4, 0.5) is 30.7 Å². The second-order valence-electron chi connectivity index (χ2n) is 11.9. The molecular formula is C33H17F7O14S4. The third-order valence-corrected chi connectivity index (χ3v) is 11.7. The molecule has 0 atom stereocenters. The quantitative estimate of drug-likeness (QED) is 0.0625. The summed E-state index contributed by atoms with van der Waals surface area (Å²) in [5.74, 6) is -21.5. The van der Waals surface area contributed by atoms with Gasteiger partial charge in [-0.2, -0.15) is 46.8 Å². The van der Waals surface area contributed by atoms with Crippen LogP contribution in [0.2, 0.25) is 0 Å². The molecule has 0 aliphatic rings. The third-order valence-electron chi connectivity index (χ3n) is 8.29. The molecule has 0 bridgehead atoms. The minimum atomic E-state index is -5.29. The topological polar surface area (TPSA) is 236 Å². The molecule has 0 radical (unpaired) electrons. The van der Waals surface area contributed by atoms with Gasteiger partial charge in [0.1, 0.15) is 27.1 Å². The van der Waals surface area contributed by atoms with E-state index in [2.05, 4.69) is 0 Å². The molecule has 58 heavy (non-hydrogen) atoms. The summed E-state index contributed by atoms with van der Waals surface area (Å²) < 4.78 is 251. The average Bonchev–Trinajstić information content (AvgIpc) is 3.12. The lowest BCUT2D eigenvalue weighted by Gasteiger charge is -2.18. The van der Waals surface area contributed by atoms with Gasteiger partial charge in [-0.1, -0.05) is 12.1 Å². The van der Waals surface area contributed by atoms with E-state index in [9.17, 15) is 51.9 Å². The van der Waals surface area contributed by atoms with E-state index < -0.39 is 151 Å². The fraction of sp³-hybridized carbons (Fsp3) is 0.0303. The van der Waals surface area contributed by atoms with Gasteiger partial charge in [0.25, 0.3) is 40.5 Å². The van der Waals surface area contributed by atoms with Crippen molar-refractivity contribution >= 4 is 62.0 Å². The standard InChI is InChI=1S/C33H17F7O14S4/c1-12-25(34)23(26(35)29(38)32(12)53-15-4-2-13-6-17(55(41,42)43)10-21(19(13)8-15)57(47,48)49)24-27(36)30(39)33(31(40)28(24)37)54-16-5-3-14-7-18(56(44,45)46)11-22(20(14)9-16)58(50,51)52/h2-11H,1H3,(H,41,42,43)(H,44,45,46)(H,47,48,49)(H,50,51,52). The molecule has 0 aliphatic heterocycles. The second-order valence-corrected chi connectivity index (χ2v) is 17.6. The van der Waals surface area contributed by atoms with Crippen molar-refractivity contribution < 1.29 is 92.1 Å². The van der Waals surface area contributed by atoms with Crippen LogP contribution in [-0.4, -0.2) is 51.9 Å². The Hall–Kier alpha value is -5.41. The molecule has 0 saturated heterocycles. The molecule has 0 unspecified atom stereocenters. The Bertz CT molecular complexity index is 2990. The second kappa shape index (κ2) is 14.2. The molecular weight excluding hydrogens is 882 g/mol. The first-order valence-electron chi connectivity index (χ1n) is 15.1. The van der Waals surface area contributed by atoms with Gasteiger partial charge >= 0.3 is 0 Å². The van der Waals surface area contributed by atoms with E-state index in [-0.39, 0.29) is 10.8 Å². The minimum absolute atomic E-state index is 0.278. The molecule has 0 spiro atoms. The van der Waals surface area contributed by atoms with Crippen molar-refractivity contribution in [2.75, 3.05) is 0 Å². The normalized spacial score (nSPS) is 12.7. The first kappa shape index (κ1) is 42.2. The summed E-state index contributed by atoms with van der Waals surface area (Å²) in [6, 6.07) is 6.87. The van der Waals surface area contributed by atoms with E-state index in [0.29, 0.717) is 31.2 Å². The number of rotatable bonds is 9. The monoisotopic (exact) mass is 898 g/mol. The number of fused-ring (bicyclic) bond motifs is 2. The summed E-state index contributed by atoms with van der Waals surface area (Å²) in [6.45, 7) is 0.666. The molecule has 0 heterocycles. The van der Waals surface area contributed by atoms with Crippen molar-refractivity contribution in [1.29, 1.82) is 0 Å². The van der Waals surface area contributed by atoms with E-state index >= 15 is 30.7 Å². The Morgan fingerprint density at radius 3 is 1.14 bits per heavy atom. The summed E-state index contributed by atoms with van der Waals surface area (Å²) in [4.78, 5) is -4.28.